The van der Waals surface area contributed by atoms with Crippen molar-refractivity contribution in [3.63, 3.8) is 0 Å². The van der Waals surface area contributed by atoms with Crippen molar-refractivity contribution in [2.45, 2.75) is 6.54 Å². The summed E-state index contributed by atoms with van der Waals surface area (Å²) >= 11 is 6.21. The van der Waals surface area contributed by atoms with Gasteiger partial charge in [-0.3, -0.25) is 18.7 Å². The average Bonchev–Trinajstić information content (AvgIpc) is 3.08. The van der Waals surface area contributed by atoms with Crippen molar-refractivity contribution in [2.75, 3.05) is 18.5 Å². The van der Waals surface area contributed by atoms with Crippen LogP contribution in [0.5, 0.6) is 11.5 Å². The number of hydrogen-bond acceptors (Lipinski definition) is 6. The van der Waals surface area contributed by atoms with Crippen LogP contribution in [0.4, 0.5) is 5.69 Å². The molecule has 4 rings (SSSR count). The Morgan fingerprint density at radius 2 is 1.86 bits per heavy atom. The molecule has 3 heterocycles. The summed E-state index contributed by atoms with van der Waals surface area (Å²) in [6.45, 7) is 0.653. The van der Waals surface area contributed by atoms with Gasteiger partial charge in [0.2, 0.25) is 5.91 Å². The van der Waals surface area contributed by atoms with Gasteiger partial charge in [0, 0.05) is 26.2 Å². The monoisotopic (exact) mass is 405 g/mol. The van der Waals surface area contributed by atoms with E-state index in [0.717, 1.165) is 4.57 Å². The number of halogens is 1. The molecular weight excluding hydrogens is 390 g/mol. The van der Waals surface area contributed by atoms with Crippen molar-refractivity contribution >= 4 is 34.4 Å². The first kappa shape index (κ1) is 18.1. The number of benzene rings is 1. The third-order valence-electron chi connectivity index (χ3n) is 4.44. The first-order chi connectivity index (χ1) is 13.4. The molecule has 1 aromatic carbocycles. The number of ether oxygens (including phenoxy) is 2. The summed E-state index contributed by atoms with van der Waals surface area (Å²) in [5.41, 5.74) is -0.289. The fourth-order valence-electron chi connectivity index (χ4n) is 3.02. The Bertz CT molecular complexity index is 1230. The first-order valence-electron chi connectivity index (χ1n) is 8.36. The van der Waals surface area contributed by atoms with Crippen molar-refractivity contribution in [3.05, 3.63) is 44.3 Å². The summed E-state index contributed by atoms with van der Waals surface area (Å²) < 4.78 is 14.5. The quantitative estimate of drug-likeness (QED) is 0.679. The maximum atomic E-state index is 12.5. The summed E-state index contributed by atoms with van der Waals surface area (Å²) in [6.07, 6.45) is 1.34. The minimum atomic E-state index is -0.527. The van der Waals surface area contributed by atoms with E-state index < -0.39 is 17.2 Å². The Kier molecular flexibility index (Phi) is 4.34. The van der Waals surface area contributed by atoms with Gasteiger partial charge >= 0.3 is 5.69 Å². The molecule has 0 radical (unpaired) electrons. The van der Waals surface area contributed by atoms with E-state index in [0.29, 0.717) is 35.4 Å². The molecule has 2 aromatic heterocycles. The fraction of sp³-hybridized carbons (Fsp3) is 0.294. The van der Waals surface area contributed by atoms with Gasteiger partial charge in [-0.05, 0) is 0 Å². The fourth-order valence-corrected chi connectivity index (χ4v) is 3.22. The molecule has 11 heteroatoms. The van der Waals surface area contributed by atoms with Crippen molar-refractivity contribution in [3.8, 4) is 11.5 Å². The lowest BCUT2D eigenvalue weighted by Gasteiger charge is -2.20. The van der Waals surface area contributed by atoms with E-state index >= 15 is 0 Å². The molecular formula is C17H16ClN5O5. The van der Waals surface area contributed by atoms with Crippen LogP contribution in [0.1, 0.15) is 0 Å². The number of nitrogens with one attached hydrogen (secondary N) is 1. The average molecular weight is 406 g/mol. The van der Waals surface area contributed by atoms with E-state index in [4.69, 9.17) is 21.1 Å². The van der Waals surface area contributed by atoms with Gasteiger partial charge in [0.25, 0.3) is 5.56 Å². The third kappa shape index (κ3) is 2.91. The van der Waals surface area contributed by atoms with E-state index in [1.165, 1.54) is 29.6 Å². The van der Waals surface area contributed by atoms with Crippen LogP contribution in [-0.2, 0) is 25.4 Å². The normalized spacial score (nSPS) is 13.0. The third-order valence-corrected chi connectivity index (χ3v) is 4.75. The standard InChI is InChI=1S/C17H16ClN5O5/c1-21-15-14(16(25)22(2)17(21)26)23(8-19-15)7-13(24)20-10-6-12-11(5-9(10)18)27-3-4-28-12/h5-6,8H,3-4,7H2,1-2H3,(H,20,24). The highest BCUT2D eigenvalue weighted by molar-refractivity contribution is 6.34. The zero-order valence-corrected chi connectivity index (χ0v) is 15.8. The number of carbonyl (C=O) groups is 1. The minimum absolute atomic E-state index is 0.160. The van der Waals surface area contributed by atoms with Crippen LogP contribution in [0.3, 0.4) is 0 Å². The maximum absolute atomic E-state index is 12.5. The summed E-state index contributed by atoms with van der Waals surface area (Å²) in [5.74, 6) is 0.580. The van der Waals surface area contributed by atoms with Crippen LogP contribution in [-0.4, -0.2) is 37.8 Å². The molecule has 0 bridgehead atoms. The van der Waals surface area contributed by atoms with Crippen molar-refractivity contribution in [2.24, 2.45) is 14.1 Å². The van der Waals surface area contributed by atoms with E-state index in [1.54, 1.807) is 12.1 Å². The van der Waals surface area contributed by atoms with Gasteiger partial charge in [-0.25, -0.2) is 9.78 Å². The number of aryl methyl sites for hydroxylation is 1. The second kappa shape index (κ2) is 6.71. The highest BCUT2D eigenvalue weighted by Gasteiger charge is 2.19. The molecule has 0 spiro atoms. The highest BCUT2D eigenvalue weighted by Crippen LogP contribution is 2.37. The number of hydrogen-bond donors (Lipinski definition) is 1. The molecule has 1 N–H and O–H groups in total. The van der Waals surface area contributed by atoms with Crippen LogP contribution in [0.2, 0.25) is 5.02 Å². The molecule has 146 valence electrons. The Morgan fingerprint density at radius 1 is 1.18 bits per heavy atom. The molecule has 0 fully saturated rings. The number of rotatable bonds is 3. The number of anilines is 1. The molecule has 0 atom stereocenters. The van der Waals surface area contributed by atoms with Gasteiger partial charge < -0.3 is 19.4 Å². The van der Waals surface area contributed by atoms with Crippen molar-refractivity contribution in [1.82, 2.24) is 18.7 Å². The molecule has 1 aliphatic rings. The molecule has 0 saturated carbocycles. The Hall–Kier alpha value is -3.27. The maximum Gasteiger partial charge on any atom is 0.332 e. The predicted molar refractivity (Wildman–Crippen MR) is 101 cm³/mol. The van der Waals surface area contributed by atoms with E-state index in [1.807, 2.05) is 0 Å². The lowest BCUT2D eigenvalue weighted by molar-refractivity contribution is -0.116. The number of fused-ring (bicyclic) bond motifs is 2. The predicted octanol–water partition coefficient (Wildman–Crippen LogP) is 0.497. The van der Waals surface area contributed by atoms with Gasteiger partial charge in [0.1, 0.15) is 19.8 Å². The van der Waals surface area contributed by atoms with Gasteiger partial charge in [-0.15, -0.1) is 0 Å². The summed E-state index contributed by atoms with van der Waals surface area (Å²) in [4.78, 5) is 41.0. The highest BCUT2D eigenvalue weighted by atomic mass is 35.5. The molecule has 0 unspecified atom stereocenters. The molecule has 1 aliphatic heterocycles. The minimum Gasteiger partial charge on any atom is -0.486 e. The molecule has 1 amide bonds. The number of imidazole rings is 1. The first-order valence-corrected chi connectivity index (χ1v) is 8.74. The van der Waals surface area contributed by atoms with Crippen molar-refractivity contribution in [1.29, 1.82) is 0 Å². The zero-order chi connectivity index (χ0) is 20.0. The molecule has 0 saturated heterocycles. The van der Waals surface area contributed by atoms with Gasteiger partial charge in [-0.1, -0.05) is 11.6 Å². The number of carbonyl (C=O) groups excluding carboxylic acids is 1. The number of amides is 1. The summed E-state index contributed by atoms with van der Waals surface area (Å²) in [5, 5.41) is 2.99. The summed E-state index contributed by atoms with van der Waals surface area (Å²) in [7, 11) is 2.88. The van der Waals surface area contributed by atoms with Gasteiger partial charge in [-0.2, -0.15) is 0 Å². The second-order valence-corrected chi connectivity index (χ2v) is 6.68. The van der Waals surface area contributed by atoms with Crippen molar-refractivity contribution < 1.29 is 14.3 Å². The van der Waals surface area contributed by atoms with E-state index in [9.17, 15) is 14.4 Å². The van der Waals surface area contributed by atoms with E-state index in [-0.39, 0.29) is 17.7 Å². The lowest BCUT2D eigenvalue weighted by Crippen LogP contribution is -2.37. The smallest absolute Gasteiger partial charge is 0.332 e. The Labute approximate surface area is 162 Å². The van der Waals surface area contributed by atoms with Crippen LogP contribution >= 0.6 is 11.6 Å². The second-order valence-electron chi connectivity index (χ2n) is 6.27. The van der Waals surface area contributed by atoms with Crippen LogP contribution in [0.25, 0.3) is 11.2 Å². The SMILES string of the molecule is Cn1c(=O)c2c(ncn2CC(=O)Nc2cc3c(cc2Cl)OCCO3)n(C)c1=O. The van der Waals surface area contributed by atoms with Crippen LogP contribution in [0.15, 0.2) is 28.0 Å². The van der Waals surface area contributed by atoms with Gasteiger partial charge in [0.05, 0.1) is 17.0 Å². The Balaban J connectivity index is 1.63. The van der Waals surface area contributed by atoms with Crippen LogP contribution in [0, 0.1) is 0 Å². The number of aromatic nitrogens is 4. The molecule has 10 nitrogen and oxygen atoms in total. The molecule has 28 heavy (non-hydrogen) atoms. The topological polar surface area (TPSA) is 109 Å². The zero-order valence-electron chi connectivity index (χ0n) is 15.1. The Morgan fingerprint density at radius 3 is 2.57 bits per heavy atom. The van der Waals surface area contributed by atoms with Gasteiger partial charge in [0.15, 0.2) is 22.7 Å². The van der Waals surface area contributed by atoms with Crippen LogP contribution < -0.4 is 26.0 Å². The molecule has 0 aliphatic carbocycles. The molecule has 3 aromatic rings. The number of nitrogens with zero attached hydrogens (tertiary/aromatic N) is 4. The largest absolute Gasteiger partial charge is 0.486 e. The lowest BCUT2D eigenvalue weighted by atomic mass is 10.2. The summed E-state index contributed by atoms with van der Waals surface area (Å²) in [6, 6.07) is 3.16. The van der Waals surface area contributed by atoms with E-state index in [2.05, 4.69) is 10.3 Å².